The van der Waals surface area contributed by atoms with Gasteiger partial charge in [0, 0.05) is 19.6 Å². The average Bonchev–Trinajstić information content (AvgIpc) is 2.35. The number of rotatable bonds is 4. The number of carbonyl (C=O) groups excluding carboxylic acids is 1. The third-order valence-corrected chi connectivity index (χ3v) is 3.33. The zero-order valence-electron chi connectivity index (χ0n) is 9.93. The first kappa shape index (κ1) is 12.1. The summed E-state index contributed by atoms with van der Waals surface area (Å²) in [5.41, 5.74) is 13.6. The molecule has 0 saturated carbocycles. The van der Waals surface area contributed by atoms with Crippen molar-refractivity contribution >= 4 is 5.91 Å². The Hall–Kier alpha value is -1.39. The van der Waals surface area contributed by atoms with E-state index in [1.165, 1.54) is 11.1 Å². The number of carbonyl (C=O) groups is 1. The molecule has 2 rings (SSSR count). The second kappa shape index (κ2) is 5.29. The van der Waals surface area contributed by atoms with Crippen molar-refractivity contribution in [2.24, 2.45) is 11.5 Å². The molecular formula is C13H19N3O. The number of hydrogen-bond donors (Lipinski definition) is 2. The molecule has 1 unspecified atom stereocenters. The fourth-order valence-corrected chi connectivity index (χ4v) is 2.21. The van der Waals surface area contributed by atoms with Crippen molar-refractivity contribution in [3.05, 3.63) is 35.4 Å². The van der Waals surface area contributed by atoms with Gasteiger partial charge in [0.2, 0.25) is 5.91 Å². The monoisotopic (exact) mass is 233 g/mol. The maximum atomic E-state index is 10.8. The molecule has 0 radical (unpaired) electrons. The van der Waals surface area contributed by atoms with E-state index in [4.69, 9.17) is 11.5 Å². The maximum absolute atomic E-state index is 10.8. The molecule has 1 heterocycles. The highest BCUT2D eigenvalue weighted by Gasteiger charge is 2.17. The highest BCUT2D eigenvalue weighted by Crippen LogP contribution is 2.18. The van der Waals surface area contributed by atoms with Crippen molar-refractivity contribution in [3.63, 3.8) is 0 Å². The molecule has 4 heteroatoms. The van der Waals surface area contributed by atoms with Crippen molar-refractivity contribution in [3.8, 4) is 0 Å². The van der Waals surface area contributed by atoms with Crippen LogP contribution in [-0.2, 0) is 17.8 Å². The van der Waals surface area contributed by atoms with Gasteiger partial charge in [-0.05, 0) is 24.0 Å². The van der Waals surface area contributed by atoms with Gasteiger partial charge in [-0.15, -0.1) is 0 Å². The predicted molar refractivity (Wildman–Crippen MR) is 67.2 cm³/mol. The van der Waals surface area contributed by atoms with Crippen LogP contribution in [0.25, 0.3) is 0 Å². The quantitative estimate of drug-likeness (QED) is 0.783. The highest BCUT2D eigenvalue weighted by atomic mass is 16.1. The lowest BCUT2D eigenvalue weighted by Gasteiger charge is -2.29. The van der Waals surface area contributed by atoms with Gasteiger partial charge in [0.05, 0.1) is 6.04 Å². The van der Waals surface area contributed by atoms with Gasteiger partial charge in [-0.25, -0.2) is 0 Å². The second-order valence-electron chi connectivity index (χ2n) is 4.59. The van der Waals surface area contributed by atoms with E-state index in [-0.39, 0.29) is 0 Å². The lowest BCUT2D eigenvalue weighted by molar-refractivity contribution is -0.119. The average molecular weight is 233 g/mol. The van der Waals surface area contributed by atoms with Gasteiger partial charge in [-0.3, -0.25) is 9.69 Å². The molecular weight excluding hydrogens is 214 g/mol. The van der Waals surface area contributed by atoms with Crippen molar-refractivity contribution in [1.82, 2.24) is 4.90 Å². The van der Waals surface area contributed by atoms with Crippen LogP contribution in [0.2, 0.25) is 0 Å². The Morgan fingerprint density at radius 2 is 2.06 bits per heavy atom. The molecule has 1 aliphatic rings. The number of benzene rings is 1. The van der Waals surface area contributed by atoms with E-state index < -0.39 is 11.9 Å². The summed E-state index contributed by atoms with van der Waals surface area (Å²) < 4.78 is 0. The van der Waals surface area contributed by atoms with Gasteiger partial charge in [-0.2, -0.15) is 0 Å². The smallest absolute Gasteiger partial charge is 0.234 e. The van der Waals surface area contributed by atoms with E-state index in [1.54, 1.807) is 0 Å². The molecule has 4 nitrogen and oxygen atoms in total. The predicted octanol–water partition coefficient (Wildman–Crippen LogP) is 0.247. The Kier molecular flexibility index (Phi) is 3.76. The molecule has 4 N–H and O–H groups in total. The van der Waals surface area contributed by atoms with Gasteiger partial charge in [-0.1, -0.05) is 24.3 Å². The van der Waals surface area contributed by atoms with Crippen LogP contribution in [0.15, 0.2) is 24.3 Å². The van der Waals surface area contributed by atoms with Crippen LogP contribution in [0.1, 0.15) is 17.5 Å². The normalized spacial score (nSPS) is 17.5. The minimum Gasteiger partial charge on any atom is -0.368 e. The zero-order valence-corrected chi connectivity index (χ0v) is 9.93. The van der Waals surface area contributed by atoms with Crippen molar-refractivity contribution in [2.45, 2.75) is 25.4 Å². The van der Waals surface area contributed by atoms with Gasteiger partial charge < -0.3 is 11.5 Å². The lowest BCUT2D eigenvalue weighted by Crippen LogP contribution is -2.40. The van der Waals surface area contributed by atoms with E-state index >= 15 is 0 Å². The minimum atomic E-state index is -0.521. The molecule has 17 heavy (non-hydrogen) atoms. The molecule has 0 aromatic heterocycles. The molecule has 1 aliphatic heterocycles. The first-order chi connectivity index (χ1) is 8.16. The highest BCUT2D eigenvalue weighted by molar-refractivity contribution is 5.79. The summed E-state index contributed by atoms with van der Waals surface area (Å²) in [5.74, 6) is -0.414. The summed E-state index contributed by atoms with van der Waals surface area (Å²) in [6, 6.07) is 7.97. The van der Waals surface area contributed by atoms with Crippen LogP contribution < -0.4 is 11.5 Å². The number of hydrogen-bond acceptors (Lipinski definition) is 3. The summed E-state index contributed by atoms with van der Waals surface area (Å²) in [6.07, 6.45) is 1.71. The summed E-state index contributed by atoms with van der Waals surface area (Å²) in [5, 5.41) is 0. The van der Waals surface area contributed by atoms with Crippen molar-refractivity contribution in [2.75, 3.05) is 13.1 Å². The van der Waals surface area contributed by atoms with Gasteiger partial charge in [0.25, 0.3) is 0 Å². The van der Waals surface area contributed by atoms with Crippen LogP contribution >= 0.6 is 0 Å². The Morgan fingerprint density at radius 1 is 1.35 bits per heavy atom. The molecule has 0 aliphatic carbocycles. The maximum Gasteiger partial charge on any atom is 0.234 e. The van der Waals surface area contributed by atoms with Crippen LogP contribution in [0.3, 0.4) is 0 Å². The van der Waals surface area contributed by atoms with Crippen molar-refractivity contribution in [1.29, 1.82) is 0 Å². The summed E-state index contributed by atoms with van der Waals surface area (Å²) in [4.78, 5) is 13.2. The summed E-state index contributed by atoms with van der Waals surface area (Å²) in [7, 11) is 0. The van der Waals surface area contributed by atoms with Crippen LogP contribution in [-0.4, -0.2) is 29.9 Å². The summed E-state index contributed by atoms with van der Waals surface area (Å²) >= 11 is 0. The van der Waals surface area contributed by atoms with E-state index in [9.17, 15) is 4.79 Å². The minimum absolute atomic E-state index is 0.414. The number of fused-ring (bicyclic) bond motifs is 1. The third-order valence-electron chi connectivity index (χ3n) is 3.33. The lowest BCUT2D eigenvalue weighted by atomic mass is 9.99. The van der Waals surface area contributed by atoms with Crippen LogP contribution in [0.4, 0.5) is 0 Å². The Labute approximate surface area is 102 Å². The first-order valence-electron chi connectivity index (χ1n) is 6.01. The fraction of sp³-hybridized carbons (Fsp3) is 0.462. The molecule has 1 amide bonds. The third kappa shape index (κ3) is 3.05. The Balaban J connectivity index is 1.88. The number of amides is 1. The first-order valence-corrected chi connectivity index (χ1v) is 6.01. The Bertz CT molecular complexity index is 405. The molecule has 0 saturated heterocycles. The molecule has 1 aromatic carbocycles. The van der Waals surface area contributed by atoms with Crippen LogP contribution in [0, 0.1) is 0 Å². The van der Waals surface area contributed by atoms with Gasteiger partial charge in [0.15, 0.2) is 0 Å². The standard InChI is InChI=1S/C13H19N3O/c14-12(13(15)17)6-8-16-7-5-10-3-1-2-4-11(10)9-16/h1-4,12H,5-9,14H2,(H2,15,17). The number of primary amides is 1. The SMILES string of the molecule is NC(=O)C(N)CCN1CCc2ccccc2C1. The fourth-order valence-electron chi connectivity index (χ4n) is 2.21. The molecule has 0 spiro atoms. The number of nitrogens with zero attached hydrogens (tertiary/aromatic N) is 1. The number of nitrogens with two attached hydrogens (primary N) is 2. The van der Waals surface area contributed by atoms with E-state index in [2.05, 4.69) is 29.2 Å². The topological polar surface area (TPSA) is 72.3 Å². The van der Waals surface area contributed by atoms with E-state index in [1.807, 2.05) is 0 Å². The Morgan fingerprint density at radius 3 is 2.76 bits per heavy atom. The van der Waals surface area contributed by atoms with Crippen LogP contribution in [0.5, 0.6) is 0 Å². The van der Waals surface area contributed by atoms with Gasteiger partial charge >= 0.3 is 0 Å². The molecule has 0 bridgehead atoms. The summed E-state index contributed by atoms with van der Waals surface area (Å²) in [6.45, 7) is 2.81. The van der Waals surface area contributed by atoms with Gasteiger partial charge in [0.1, 0.15) is 0 Å². The largest absolute Gasteiger partial charge is 0.368 e. The van der Waals surface area contributed by atoms with E-state index in [0.717, 1.165) is 26.1 Å². The van der Waals surface area contributed by atoms with Crippen molar-refractivity contribution < 1.29 is 4.79 Å². The molecule has 1 atom stereocenters. The van der Waals surface area contributed by atoms with E-state index in [0.29, 0.717) is 6.42 Å². The molecule has 1 aromatic rings. The molecule has 0 fully saturated rings. The second-order valence-corrected chi connectivity index (χ2v) is 4.59. The zero-order chi connectivity index (χ0) is 12.3. The molecule has 92 valence electrons.